The maximum Gasteiger partial charge on any atom is 0.230 e. The fraction of sp³-hybridized carbons (Fsp3) is 0.600. The van der Waals surface area contributed by atoms with E-state index in [-0.39, 0.29) is 17.7 Å². The summed E-state index contributed by atoms with van der Waals surface area (Å²) < 4.78 is 0. The summed E-state index contributed by atoms with van der Waals surface area (Å²) in [7, 11) is 0. The Morgan fingerprint density at radius 1 is 1.46 bits per heavy atom. The average molecular weight is 179 g/mol. The number of hydrogen-bond acceptors (Lipinski definition) is 2. The van der Waals surface area contributed by atoms with Gasteiger partial charge in [0.15, 0.2) is 0 Å². The van der Waals surface area contributed by atoms with Crippen LogP contribution in [0, 0.1) is 18.3 Å². The summed E-state index contributed by atoms with van der Waals surface area (Å²) in [4.78, 5) is 24.0. The van der Waals surface area contributed by atoms with E-state index in [0.29, 0.717) is 12.8 Å². The van der Waals surface area contributed by atoms with Gasteiger partial charge in [0.2, 0.25) is 11.8 Å². The zero-order valence-electron chi connectivity index (χ0n) is 7.91. The standard InChI is InChI=1S/C10H13NO2/c1-4-8(3)11-9(12)5-7(2)6-10(11)13/h1,7-8H,5-6H2,2-3H3. The molecule has 3 nitrogen and oxygen atoms in total. The normalized spacial score (nSPS) is 21.5. The third kappa shape index (κ3) is 1.89. The van der Waals surface area contributed by atoms with Gasteiger partial charge in [0.05, 0.1) is 6.04 Å². The molecule has 0 aliphatic carbocycles. The van der Waals surface area contributed by atoms with Gasteiger partial charge in [0.1, 0.15) is 0 Å². The van der Waals surface area contributed by atoms with Gasteiger partial charge in [0.25, 0.3) is 0 Å². The van der Waals surface area contributed by atoms with Crippen LogP contribution in [0.25, 0.3) is 0 Å². The van der Waals surface area contributed by atoms with E-state index < -0.39 is 6.04 Å². The molecule has 0 aromatic rings. The van der Waals surface area contributed by atoms with Crippen molar-refractivity contribution in [2.75, 3.05) is 0 Å². The lowest BCUT2D eigenvalue weighted by Gasteiger charge is -2.30. The quantitative estimate of drug-likeness (QED) is 0.441. The molecule has 1 rings (SSSR count). The third-order valence-electron chi connectivity index (χ3n) is 2.21. The Bertz CT molecular complexity index is 259. The summed E-state index contributed by atoms with van der Waals surface area (Å²) in [6.45, 7) is 3.58. The van der Waals surface area contributed by atoms with E-state index in [9.17, 15) is 9.59 Å². The Morgan fingerprint density at radius 3 is 2.31 bits per heavy atom. The van der Waals surface area contributed by atoms with Crippen molar-refractivity contribution in [1.29, 1.82) is 0 Å². The second-order valence-corrected chi connectivity index (χ2v) is 3.51. The molecule has 0 aromatic heterocycles. The van der Waals surface area contributed by atoms with Gasteiger partial charge in [-0.05, 0) is 12.8 Å². The number of carbonyl (C=O) groups excluding carboxylic acids is 2. The smallest absolute Gasteiger partial charge is 0.230 e. The highest BCUT2D eigenvalue weighted by Gasteiger charge is 2.32. The van der Waals surface area contributed by atoms with Crippen LogP contribution in [0.15, 0.2) is 0 Å². The first-order chi connectivity index (χ1) is 6.06. The number of amides is 2. The molecule has 1 fully saturated rings. The number of piperidine rings is 1. The summed E-state index contributed by atoms with van der Waals surface area (Å²) in [5.74, 6) is 2.26. The molecule has 1 aliphatic heterocycles. The molecular formula is C10H13NO2. The highest BCUT2D eigenvalue weighted by molar-refractivity contribution is 5.98. The number of terminal acetylenes is 1. The highest BCUT2D eigenvalue weighted by Crippen LogP contribution is 2.20. The molecule has 0 radical (unpaired) electrons. The molecular weight excluding hydrogens is 166 g/mol. The second-order valence-electron chi connectivity index (χ2n) is 3.51. The molecule has 1 aliphatic rings. The molecule has 3 heteroatoms. The molecule has 70 valence electrons. The second kappa shape index (κ2) is 3.61. The first-order valence-corrected chi connectivity index (χ1v) is 4.37. The zero-order valence-corrected chi connectivity index (χ0v) is 7.91. The number of imide groups is 1. The van der Waals surface area contributed by atoms with Crippen LogP contribution in [0.5, 0.6) is 0 Å². The number of nitrogens with zero attached hydrogens (tertiary/aromatic N) is 1. The Morgan fingerprint density at radius 2 is 1.92 bits per heavy atom. The Kier molecular flexibility index (Phi) is 2.72. The first kappa shape index (κ1) is 9.79. The van der Waals surface area contributed by atoms with Crippen LogP contribution in [0.1, 0.15) is 26.7 Å². The molecule has 1 atom stereocenters. The van der Waals surface area contributed by atoms with Crippen LogP contribution in [0.3, 0.4) is 0 Å². The molecule has 13 heavy (non-hydrogen) atoms. The molecule has 0 bridgehead atoms. The van der Waals surface area contributed by atoms with E-state index in [2.05, 4.69) is 5.92 Å². The largest absolute Gasteiger partial charge is 0.274 e. The van der Waals surface area contributed by atoms with Gasteiger partial charge in [-0.15, -0.1) is 6.42 Å². The maximum absolute atomic E-state index is 11.4. The monoisotopic (exact) mass is 179 g/mol. The zero-order chi connectivity index (χ0) is 10.0. The third-order valence-corrected chi connectivity index (χ3v) is 2.21. The summed E-state index contributed by atoms with van der Waals surface area (Å²) in [5, 5.41) is 0. The van der Waals surface area contributed by atoms with Gasteiger partial charge >= 0.3 is 0 Å². The topological polar surface area (TPSA) is 37.4 Å². The summed E-state index contributed by atoms with van der Waals surface area (Å²) >= 11 is 0. The van der Waals surface area contributed by atoms with Crippen molar-refractivity contribution in [2.24, 2.45) is 5.92 Å². The van der Waals surface area contributed by atoms with Crippen LogP contribution >= 0.6 is 0 Å². The molecule has 0 saturated carbocycles. The molecule has 2 amide bonds. The van der Waals surface area contributed by atoms with Crippen molar-refractivity contribution in [3.05, 3.63) is 0 Å². The van der Waals surface area contributed by atoms with E-state index >= 15 is 0 Å². The van der Waals surface area contributed by atoms with Crippen molar-refractivity contribution in [3.63, 3.8) is 0 Å². The predicted octanol–water partition coefficient (Wildman–Crippen LogP) is 0.793. The van der Waals surface area contributed by atoms with E-state index in [1.807, 2.05) is 6.92 Å². The maximum atomic E-state index is 11.4. The minimum atomic E-state index is -0.410. The van der Waals surface area contributed by atoms with Crippen LogP contribution in [0.2, 0.25) is 0 Å². The summed E-state index contributed by atoms with van der Waals surface area (Å²) in [5.41, 5.74) is 0. The fourth-order valence-corrected chi connectivity index (χ4v) is 1.51. The van der Waals surface area contributed by atoms with Gasteiger partial charge in [-0.25, -0.2) is 0 Å². The van der Waals surface area contributed by atoms with Crippen molar-refractivity contribution in [1.82, 2.24) is 4.90 Å². The molecule has 0 spiro atoms. The lowest BCUT2D eigenvalue weighted by Crippen LogP contribution is -2.47. The lowest BCUT2D eigenvalue weighted by molar-refractivity contribution is -0.150. The van der Waals surface area contributed by atoms with Gasteiger partial charge in [0, 0.05) is 12.8 Å². The predicted molar refractivity (Wildman–Crippen MR) is 48.5 cm³/mol. The van der Waals surface area contributed by atoms with Gasteiger partial charge in [-0.3, -0.25) is 14.5 Å². The van der Waals surface area contributed by atoms with E-state index in [1.54, 1.807) is 6.92 Å². The SMILES string of the molecule is C#CC(C)N1C(=O)CC(C)CC1=O. The van der Waals surface area contributed by atoms with Crippen molar-refractivity contribution in [2.45, 2.75) is 32.7 Å². The molecule has 0 aromatic carbocycles. The van der Waals surface area contributed by atoms with E-state index in [1.165, 1.54) is 4.90 Å². The van der Waals surface area contributed by atoms with E-state index in [4.69, 9.17) is 6.42 Å². The average Bonchev–Trinajstić information content (AvgIpc) is 2.02. The van der Waals surface area contributed by atoms with Crippen LogP contribution in [-0.2, 0) is 9.59 Å². The first-order valence-electron chi connectivity index (χ1n) is 4.37. The van der Waals surface area contributed by atoms with Crippen molar-refractivity contribution < 1.29 is 9.59 Å². The van der Waals surface area contributed by atoms with Crippen LogP contribution < -0.4 is 0 Å². The number of carbonyl (C=O) groups is 2. The number of rotatable bonds is 1. The molecule has 1 unspecified atom stereocenters. The molecule has 1 heterocycles. The van der Waals surface area contributed by atoms with Crippen molar-refractivity contribution in [3.8, 4) is 12.3 Å². The Hall–Kier alpha value is -1.30. The fourth-order valence-electron chi connectivity index (χ4n) is 1.51. The molecule has 1 saturated heterocycles. The minimum Gasteiger partial charge on any atom is -0.274 e. The van der Waals surface area contributed by atoms with Gasteiger partial charge < -0.3 is 0 Å². The number of likely N-dealkylation sites (tertiary alicyclic amines) is 1. The Balaban J connectivity index is 2.80. The summed E-state index contributed by atoms with van der Waals surface area (Å²) in [6, 6.07) is -0.410. The lowest BCUT2D eigenvalue weighted by atomic mass is 9.97. The van der Waals surface area contributed by atoms with Gasteiger partial charge in [-0.2, -0.15) is 0 Å². The van der Waals surface area contributed by atoms with Crippen LogP contribution in [0.4, 0.5) is 0 Å². The minimum absolute atomic E-state index is 0.144. The van der Waals surface area contributed by atoms with E-state index in [0.717, 1.165) is 0 Å². The Labute approximate surface area is 78.1 Å². The molecule has 0 N–H and O–H groups in total. The highest BCUT2D eigenvalue weighted by atomic mass is 16.2. The van der Waals surface area contributed by atoms with Crippen molar-refractivity contribution >= 4 is 11.8 Å². The van der Waals surface area contributed by atoms with Crippen LogP contribution in [-0.4, -0.2) is 22.8 Å². The van der Waals surface area contributed by atoms with Gasteiger partial charge in [-0.1, -0.05) is 12.8 Å². The number of hydrogen-bond donors (Lipinski definition) is 0. The summed E-state index contributed by atoms with van der Waals surface area (Å²) in [6.07, 6.45) is 6.02.